The fourth-order valence-corrected chi connectivity index (χ4v) is 4.39. The van der Waals surface area contributed by atoms with E-state index >= 15 is 0 Å². The summed E-state index contributed by atoms with van der Waals surface area (Å²) >= 11 is 0. The molecule has 1 aromatic carbocycles. The fourth-order valence-electron chi connectivity index (χ4n) is 4.39. The zero-order chi connectivity index (χ0) is 15.3. The first-order valence-corrected chi connectivity index (χ1v) is 7.91. The van der Waals surface area contributed by atoms with E-state index in [9.17, 15) is 9.59 Å². The molecule has 2 saturated carbocycles. The number of hydrogen-bond acceptors (Lipinski definition) is 4. The number of hydrogen-bond donors (Lipinski definition) is 1. The standard InChI is InChI=1S/C17H19NO4/c1-2-21-11-5-3-10(4-6-11)18-16(19)14-9-7-12-13(8-9)22-17(20)15(12)14/h3-6,9,12-15H,2,7-8H2,1H3,(H,18,19)/t9-,12-,13+,14-,15-/m1/s1. The molecule has 2 aliphatic carbocycles. The molecule has 1 heterocycles. The van der Waals surface area contributed by atoms with E-state index in [4.69, 9.17) is 9.47 Å². The third-order valence-corrected chi connectivity index (χ3v) is 5.22. The van der Waals surface area contributed by atoms with Crippen LogP contribution in [0.2, 0.25) is 0 Å². The highest BCUT2D eigenvalue weighted by molar-refractivity contribution is 5.97. The molecular weight excluding hydrogens is 282 g/mol. The largest absolute Gasteiger partial charge is 0.494 e. The van der Waals surface area contributed by atoms with E-state index in [1.165, 1.54) is 0 Å². The molecule has 1 aliphatic heterocycles. The van der Waals surface area contributed by atoms with Crippen molar-refractivity contribution < 1.29 is 19.1 Å². The topological polar surface area (TPSA) is 64.6 Å². The number of ether oxygens (including phenoxy) is 2. The van der Waals surface area contributed by atoms with E-state index < -0.39 is 0 Å². The molecule has 5 atom stereocenters. The molecule has 2 bridgehead atoms. The van der Waals surface area contributed by atoms with Gasteiger partial charge in [-0.1, -0.05) is 0 Å². The lowest BCUT2D eigenvalue weighted by Gasteiger charge is -2.23. The van der Waals surface area contributed by atoms with Crippen molar-refractivity contribution in [1.29, 1.82) is 0 Å². The monoisotopic (exact) mass is 301 g/mol. The first-order valence-electron chi connectivity index (χ1n) is 7.91. The van der Waals surface area contributed by atoms with Gasteiger partial charge in [-0.3, -0.25) is 9.59 Å². The Morgan fingerprint density at radius 1 is 1.32 bits per heavy atom. The van der Waals surface area contributed by atoms with Crippen LogP contribution < -0.4 is 10.1 Å². The van der Waals surface area contributed by atoms with Crippen LogP contribution in [-0.2, 0) is 14.3 Å². The van der Waals surface area contributed by atoms with Crippen molar-refractivity contribution in [3.05, 3.63) is 24.3 Å². The molecule has 1 N–H and O–H groups in total. The summed E-state index contributed by atoms with van der Waals surface area (Å²) in [6.07, 6.45) is 1.86. The van der Waals surface area contributed by atoms with Gasteiger partial charge in [0.2, 0.25) is 5.91 Å². The van der Waals surface area contributed by atoms with Gasteiger partial charge in [0, 0.05) is 11.6 Å². The fraction of sp³-hybridized carbons (Fsp3) is 0.529. The van der Waals surface area contributed by atoms with E-state index in [0.717, 1.165) is 24.3 Å². The van der Waals surface area contributed by atoms with Crippen LogP contribution >= 0.6 is 0 Å². The van der Waals surface area contributed by atoms with Crippen LogP contribution in [0, 0.1) is 23.7 Å². The van der Waals surface area contributed by atoms with Gasteiger partial charge in [0.1, 0.15) is 11.9 Å². The van der Waals surface area contributed by atoms with Crippen LogP contribution in [-0.4, -0.2) is 24.6 Å². The lowest BCUT2D eigenvalue weighted by Crippen LogP contribution is -2.35. The average molecular weight is 301 g/mol. The van der Waals surface area contributed by atoms with Crippen LogP contribution in [0.4, 0.5) is 5.69 Å². The van der Waals surface area contributed by atoms with Gasteiger partial charge in [0.15, 0.2) is 0 Å². The molecular formula is C17H19NO4. The maximum atomic E-state index is 12.6. The Morgan fingerprint density at radius 2 is 2.09 bits per heavy atom. The van der Waals surface area contributed by atoms with Gasteiger partial charge in [-0.05, 0) is 49.9 Å². The minimum Gasteiger partial charge on any atom is -0.494 e. The van der Waals surface area contributed by atoms with Crippen LogP contribution in [0.25, 0.3) is 0 Å². The minimum absolute atomic E-state index is 0.0565. The van der Waals surface area contributed by atoms with E-state index in [1.807, 2.05) is 31.2 Å². The van der Waals surface area contributed by atoms with Crippen molar-refractivity contribution in [3.8, 4) is 5.75 Å². The number of benzene rings is 1. The van der Waals surface area contributed by atoms with Gasteiger partial charge < -0.3 is 14.8 Å². The second-order valence-corrected chi connectivity index (χ2v) is 6.37. The van der Waals surface area contributed by atoms with Crippen molar-refractivity contribution in [2.75, 3.05) is 11.9 Å². The number of fused-ring (bicyclic) bond motifs is 1. The molecule has 3 fully saturated rings. The summed E-state index contributed by atoms with van der Waals surface area (Å²) in [5, 5.41) is 2.94. The van der Waals surface area contributed by atoms with E-state index in [-0.39, 0.29) is 41.7 Å². The number of amides is 1. The number of anilines is 1. The van der Waals surface area contributed by atoms with Crippen molar-refractivity contribution >= 4 is 17.6 Å². The smallest absolute Gasteiger partial charge is 0.310 e. The Hall–Kier alpha value is -2.04. The van der Waals surface area contributed by atoms with Crippen molar-refractivity contribution in [2.45, 2.75) is 25.9 Å². The van der Waals surface area contributed by atoms with Gasteiger partial charge in [-0.2, -0.15) is 0 Å². The molecule has 3 aliphatic rings. The Morgan fingerprint density at radius 3 is 2.82 bits per heavy atom. The zero-order valence-electron chi connectivity index (χ0n) is 12.5. The quantitative estimate of drug-likeness (QED) is 0.866. The Kier molecular flexibility index (Phi) is 3.10. The highest BCUT2D eigenvalue weighted by Crippen LogP contribution is 2.57. The van der Waals surface area contributed by atoms with Crippen molar-refractivity contribution in [3.63, 3.8) is 0 Å². The summed E-state index contributed by atoms with van der Waals surface area (Å²) in [5.41, 5.74) is 0.735. The number of carbonyl (C=O) groups excluding carboxylic acids is 2. The van der Waals surface area contributed by atoms with E-state index in [1.54, 1.807) is 0 Å². The number of nitrogens with one attached hydrogen (secondary N) is 1. The molecule has 0 aromatic heterocycles. The highest BCUT2D eigenvalue weighted by Gasteiger charge is 2.63. The second-order valence-electron chi connectivity index (χ2n) is 6.37. The van der Waals surface area contributed by atoms with Gasteiger partial charge in [-0.25, -0.2) is 0 Å². The summed E-state index contributed by atoms with van der Waals surface area (Å²) in [5.74, 6) is 0.625. The van der Waals surface area contributed by atoms with Gasteiger partial charge in [0.05, 0.1) is 18.4 Å². The third-order valence-electron chi connectivity index (χ3n) is 5.22. The lowest BCUT2D eigenvalue weighted by molar-refractivity contribution is -0.145. The Bertz CT molecular complexity index is 610. The van der Waals surface area contributed by atoms with E-state index in [0.29, 0.717) is 6.61 Å². The zero-order valence-corrected chi connectivity index (χ0v) is 12.5. The molecule has 4 rings (SSSR count). The Balaban J connectivity index is 1.47. The lowest BCUT2D eigenvalue weighted by atomic mass is 9.79. The number of esters is 1. The molecule has 5 nitrogen and oxygen atoms in total. The molecule has 0 radical (unpaired) electrons. The van der Waals surface area contributed by atoms with Gasteiger partial charge >= 0.3 is 5.97 Å². The molecule has 0 spiro atoms. The van der Waals surface area contributed by atoms with Crippen LogP contribution in [0.15, 0.2) is 24.3 Å². The summed E-state index contributed by atoms with van der Waals surface area (Å²) in [6, 6.07) is 7.32. The van der Waals surface area contributed by atoms with Crippen molar-refractivity contribution in [2.24, 2.45) is 23.7 Å². The molecule has 22 heavy (non-hydrogen) atoms. The normalized spacial score (nSPS) is 34.6. The van der Waals surface area contributed by atoms with Gasteiger partial charge in [-0.15, -0.1) is 0 Å². The minimum atomic E-state index is -0.234. The summed E-state index contributed by atoms with van der Waals surface area (Å²) < 4.78 is 10.8. The first-order chi connectivity index (χ1) is 10.7. The van der Waals surface area contributed by atoms with Gasteiger partial charge in [0.25, 0.3) is 0 Å². The molecule has 1 aromatic rings. The SMILES string of the molecule is CCOc1ccc(NC(=O)[C@@H]2[C@@H]3C[C@H]4[C@H]2C(=O)O[C@H]4C3)cc1. The molecule has 0 unspecified atom stereocenters. The predicted molar refractivity (Wildman–Crippen MR) is 79.3 cm³/mol. The van der Waals surface area contributed by atoms with Crippen LogP contribution in [0.3, 0.4) is 0 Å². The first kappa shape index (κ1) is 13.6. The van der Waals surface area contributed by atoms with E-state index in [2.05, 4.69) is 5.32 Å². The maximum Gasteiger partial charge on any atom is 0.310 e. The average Bonchev–Trinajstić information content (AvgIpc) is 3.11. The maximum absolute atomic E-state index is 12.6. The molecule has 1 amide bonds. The predicted octanol–water partition coefficient (Wildman–Crippen LogP) is 2.22. The van der Waals surface area contributed by atoms with Crippen LogP contribution in [0.5, 0.6) is 5.75 Å². The number of carbonyl (C=O) groups is 2. The molecule has 1 saturated heterocycles. The molecule has 5 heteroatoms. The van der Waals surface area contributed by atoms with Crippen molar-refractivity contribution in [1.82, 2.24) is 0 Å². The number of rotatable bonds is 4. The second kappa shape index (κ2) is 5.00. The third kappa shape index (κ3) is 1.99. The molecule has 116 valence electrons. The summed E-state index contributed by atoms with van der Waals surface area (Å²) in [7, 11) is 0. The summed E-state index contributed by atoms with van der Waals surface area (Å²) in [6.45, 7) is 2.54. The van der Waals surface area contributed by atoms with Crippen LogP contribution in [0.1, 0.15) is 19.8 Å². The highest BCUT2D eigenvalue weighted by atomic mass is 16.6. The Labute approximate surface area is 129 Å². The summed E-state index contributed by atoms with van der Waals surface area (Å²) in [4.78, 5) is 24.6.